The summed E-state index contributed by atoms with van der Waals surface area (Å²) in [6.45, 7) is 6.44. The van der Waals surface area contributed by atoms with E-state index in [1.54, 1.807) is 18.2 Å². The molecule has 0 saturated carbocycles. The number of aryl methyl sites for hydroxylation is 1. The van der Waals surface area contributed by atoms with Gasteiger partial charge in [0.2, 0.25) is 0 Å². The third-order valence-electron chi connectivity index (χ3n) is 5.11. The Bertz CT molecular complexity index is 938. The first-order valence-electron chi connectivity index (χ1n) is 9.32. The number of fused-ring (bicyclic) bond motifs is 1. The van der Waals surface area contributed by atoms with Crippen LogP contribution in [0.15, 0.2) is 53.4 Å². The van der Waals surface area contributed by atoms with E-state index < -0.39 is 10.0 Å². The molecule has 1 atom stereocenters. The van der Waals surface area contributed by atoms with Crippen LogP contribution in [0, 0.1) is 5.92 Å². The Kier molecular flexibility index (Phi) is 5.56. The standard InChI is InChI=1S/C21H26N2O3S/c1-15(2)16(3)22-21(24)18-9-6-11-19(14-18)27(25,26)23-13-7-10-17-8-4-5-12-20(17)23/h4-6,8-9,11-12,14-16H,7,10,13H2,1-3H3,(H,22,24). The highest BCUT2D eigenvalue weighted by Gasteiger charge is 2.29. The first kappa shape index (κ1) is 19.4. The molecule has 1 aliphatic heterocycles. The van der Waals surface area contributed by atoms with Gasteiger partial charge in [0.25, 0.3) is 15.9 Å². The van der Waals surface area contributed by atoms with Crippen molar-refractivity contribution in [2.45, 2.75) is 44.6 Å². The number of nitrogens with zero attached hydrogens (tertiary/aromatic N) is 1. The van der Waals surface area contributed by atoms with Crippen LogP contribution < -0.4 is 9.62 Å². The lowest BCUT2D eigenvalue weighted by Crippen LogP contribution is -2.37. The number of para-hydroxylation sites is 1. The fourth-order valence-corrected chi connectivity index (χ4v) is 4.72. The van der Waals surface area contributed by atoms with E-state index >= 15 is 0 Å². The predicted octanol–water partition coefficient (Wildman–Crippen LogP) is 3.60. The summed E-state index contributed by atoms with van der Waals surface area (Å²) in [6.07, 6.45) is 1.65. The second-order valence-electron chi connectivity index (χ2n) is 7.34. The number of amides is 1. The molecule has 0 spiro atoms. The van der Waals surface area contributed by atoms with Gasteiger partial charge in [-0.3, -0.25) is 9.10 Å². The minimum absolute atomic E-state index is 0.00624. The molecule has 0 aliphatic carbocycles. The maximum Gasteiger partial charge on any atom is 0.264 e. The van der Waals surface area contributed by atoms with Gasteiger partial charge in [-0.1, -0.05) is 38.1 Å². The van der Waals surface area contributed by atoms with Crippen LogP contribution >= 0.6 is 0 Å². The highest BCUT2D eigenvalue weighted by atomic mass is 32.2. The Hall–Kier alpha value is -2.34. The molecule has 1 aliphatic rings. The third-order valence-corrected chi connectivity index (χ3v) is 6.92. The second-order valence-corrected chi connectivity index (χ2v) is 9.21. The number of anilines is 1. The number of rotatable bonds is 5. The molecule has 6 heteroatoms. The van der Waals surface area contributed by atoms with Crippen molar-refractivity contribution in [3.8, 4) is 0 Å². The Morgan fingerprint density at radius 3 is 2.56 bits per heavy atom. The highest BCUT2D eigenvalue weighted by Crippen LogP contribution is 2.31. The van der Waals surface area contributed by atoms with E-state index in [2.05, 4.69) is 5.32 Å². The summed E-state index contributed by atoms with van der Waals surface area (Å²) in [5, 5.41) is 2.92. The van der Waals surface area contributed by atoms with Gasteiger partial charge in [0.1, 0.15) is 0 Å². The van der Waals surface area contributed by atoms with Crippen LogP contribution in [0.2, 0.25) is 0 Å². The summed E-state index contributed by atoms with van der Waals surface area (Å²) in [6, 6.07) is 13.9. The molecule has 0 bridgehead atoms. The summed E-state index contributed by atoms with van der Waals surface area (Å²) in [4.78, 5) is 12.6. The van der Waals surface area contributed by atoms with Crippen molar-refractivity contribution in [1.29, 1.82) is 0 Å². The monoisotopic (exact) mass is 386 g/mol. The molecular weight excluding hydrogens is 360 g/mol. The first-order valence-corrected chi connectivity index (χ1v) is 10.8. The van der Waals surface area contributed by atoms with Crippen LogP contribution in [0.5, 0.6) is 0 Å². The molecule has 3 rings (SSSR count). The van der Waals surface area contributed by atoms with Crippen molar-refractivity contribution in [1.82, 2.24) is 5.32 Å². The maximum absolute atomic E-state index is 13.2. The van der Waals surface area contributed by atoms with E-state index in [-0.39, 0.29) is 16.8 Å². The topological polar surface area (TPSA) is 66.5 Å². The summed E-state index contributed by atoms with van der Waals surface area (Å²) in [5.74, 6) is 0.0398. The predicted molar refractivity (Wildman–Crippen MR) is 108 cm³/mol. The molecule has 0 aromatic heterocycles. The number of nitrogens with one attached hydrogen (secondary N) is 1. The fraction of sp³-hybridized carbons (Fsp3) is 0.381. The molecular formula is C21H26N2O3S. The van der Waals surface area contributed by atoms with Crippen LogP contribution in [0.3, 0.4) is 0 Å². The van der Waals surface area contributed by atoms with E-state index in [4.69, 9.17) is 0 Å². The van der Waals surface area contributed by atoms with Crippen LogP contribution in [0.1, 0.15) is 43.1 Å². The van der Waals surface area contributed by atoms with Gasteiger partial charge in [0.15, 0.2) is 0 Å². The molecule has 2 aromatic carbocycles. The van der Waals surface area contributed by atoms with Crippen molar-refractivity contribution in [2.75, 3.05) is 10.8 Å². The van der Waals surface area contributed by atoms with Gasteiger partial charge < -0.3 is 5.32 Å². The number of hydrogen-bond donors (Lipinski definition) is 1. The highest BCUT2D eigenvalue weighted by molar-refractivity contribution is 7.92. The van der Waals surface area contributed by atoms with Crippen molar-refractivity contribution in [3.05, 3.63) is 59.7 Å². The number of carbonyl (C=O) groups excluding carboxylic acids is 1. The van der Waals surface area contributed by atoms with E-state index in [9.17, 15) is 13.2 Å². The number of benzene rings is 2. The first-order chi connectivity index (χ1) is 12.8. The Balaban J connectivity index is 1.92. The Morgan fingerprint density at radius 1 is 1.07 bits per heavy atom. The average Bonchev–Trinajstić information content (AvgIpc) is 2.67. The van der Waals surface area contributed by atoms with Gasteiger partial charge in [-0.2, -0.15) is 0 Å². The quantitative estimate of drug-likeness (QED) is 0.854. The molecule has 1 heterocycles. The SMILES string of the molecule is CC(C)C(C)NC(=O)c1cccc(S(=O)(=O)N2CCCc3ccccc32)c1. The minimum atomic E-state index is -3.72. The van der Waals surface area contributed by atoms with Crippen molar-refractivity contribution in [3.63, 3.8) is 0 Å². The zero-order valence-corrected chi connectivity index (χ0v) is 16.8. The fourth-order valence-electron chi connectivity index (χ4n) is 3.13. The van der Waals surface area contributed by atoms with E-state index in [0.717, 1.165) is 24.1 Å². The third kappa shape index (κ3) is 4.00. The summed E-state index contributed by atoms with van der Waals surface area (Å²) in [5.41, 5.74) is 2.12. The van der Waals surface area contributed by atoms with Gasteiger partial charge in [-0.05, 0) is 55.5 Å². The molecule has 144 valence electrons. The van der Waals surface area contributed by atoms with Crippen LogP contribution in [0.25, 0.3) is 0 Å². The maximum atomic E-state index is 13.2. The lowest BCUT2D eigenvalue weighted by molar-refractivity contribution is 0.0930. The van der Waals surface area contributed by atoms with E-state index in [0.29, 0.717) is 18.0 Å². The van der Waals surface area contributed by atoms with Crippen molar-refractivity contribution >= 4 is 21.6 Å². The van der Waals surface area contributed by atoms with E-state index in [1.165, 1.54) is 10.4 Å². The molecule has 1 N–H and O–H groups in total. The summed E-state index contributed by atoms with van der Waals surface area (Å²) >= 11 is 0. The molecule has 1 amide bonds. The van der Waals surface area contributed by atoms with Crippen molar-refractivity contribution < 1.29 is 13.2 Å². The van der Waals surface area contributed by atoms with Gasteiger partial charge in [-0.15, -0.1) is 0 Å². The van der Waals surface area contributed by atoms with Gasteiger partial charge in [0, 0.05) is 18.2 Å². The summed E-state index contributed by atoms with van der Waals surface area (Å²) < 4.78 is 28.0. The Morgan fingerprint density at radius 2 is 1.81 bits per heavy atom. The largest absolute Gasteiger partial charge is 0.349 e. The molecule has 27 heavy (non-hydrogen) atoms. The normalized spacial score (nSPS) is 15.3. The van der Waals surface area contributed by atoms with Crippen LogP contribution in [-0.2, 0) is 16.4 Å². The molecule has 2 aromatic rings. The Labute approximate surface area is 161 Å². The number of hydrogen-bond acceptors (Lipinski definition) is 3. The average molecular weight is 387 g/mol. The molecule has 0 fully saturated rings. The van der Waals surface area contributed by atoms with Gasteiger partial charge >= 0.3 is 0 Å². The smallest absolute Gasteiger partial charge is 0.264 e. The lowest BCUT2D eigenvalue weighted by atomic mass is 10.0. The molecule has 0 radical (unpaired) electrons. The van der Waals surface area contributed by atoms with Gasteiger partial charge in [-0.25, -0.2) is 8.42 Å². The van der Waals surface area contributed by atoms with Crippen LogP contribution in [-0.4, -0.2) is 26.9 Å². The zero-order chi connectivity index (χ0) is 19.6. The molecule has 1 unspecified atom stereocenters. The lowest BCUT2D eigenvalue weighted by Gasteiger charge is -2.30. The van der Waals surface area contributed by atoms with E-state index in [1.807, 2.05) is 45.0 Å². The summed E-state index contributed by atoms with van der Waals surface area (Å²) in [7, 11) is -3.72. The van der Waals surface area contributed by atoms with Crippen LogP contribution in [0.4, 0.5) is 5.69 Å². The number of sulfonamides is 1. The molecule has 5 nitrogen and oxygen atoms in total. The zero-order valence-electron chi connectivity index (χ0n) is 16.0. The van der Waals surface area contributed by atoms with Crippen molar-refractivity contribution in [2.24, 2.45) is 5.92 Å². The second kappa shape index (κ2) is 7.72. The van der Waals surface area contributed by atoms with Gasteiger partial charge in [0.05, 0.1) is 10.6 Å². The number of carbonyl (C=O) groups is 1. The minimum Gasteiger partial charge on any atom is -0.349 e. The molecule has 0 saturated heterocycles.